The molecule has 0 aliphatic heterocycles. The number of hydrogen-bond donors (Lipinski definition) is 1. The zero-order valence-electron chi connectivity index (χ0n) is 16.5. The van der Waals surface area contributed by atoms with Crippen LogP contribution < -0.4 is 15.0 Å². The number of nitrogens with one attached hydrogen (secondary N) is 1. The first kappa shape index (κ1) is 21.4. The van der Waals surface area contributed by atoms with Crippen LogP contribution in [0.1, 0.15) is 19.4 Å². The van der Waals surface area contributed by atoms with E-state index in [0.29, 0.717) is 11.4 Å². The van der Waals surface area contributed by atoms with Crippen molar-refractivity contribution in [1.82, 2.24) is 9.97 Å². The molecule has 5 nitrogen and oxygen atoms in total. The highest BCUT2D eigenvalue weighted by atomic mass is 19.4. The van der Waals surface area contributed by atoms with Gasteiger partial charge in [-0.2, -0.15) is 18.2 Å². The lowest BCUT2D eigenvalue weighted by atomic mass is 10.2. The summed E-state index contributed by atoms with van der Waals surface area (Å²) in [5.41, 5.74) is -0.0901. The van der Waals surface area contributed by atoms with Gasteiger partial charge >= 0.3 is 6.18 Å². The van der Waals surface area contributed by atoms with E-state index in [-0.39, 0.29) is 17.7 Å². The van der Waals surface area contributed by atoms with Crippen LogP contribution in [0.15, 0.2) is 54.7 Å². The molecule has 0 unspecified atom stereocenters. The molecule has 3 aromatic rings. The average Bonchev–Trinajstić information content (AvgIpc) is 2.68. The minimum absolute atomic E-state index is 0.0203. The first-order valence-electron chi connectivity index (χ1n) is 9.11. The Morgan fingerprint density at radius 3 is 2.20 bits per heavy atom. The second kappa shape index (κ2) is 8.56. The van der Waals surface area contributed by atoms with E-state index in [1.165, 1.54) is 12.1 Å². The van der Waals surface area contributed by atoms with Crippen molar-refractivity contribution in [1.29, 1.82) is 0 Å². The van der Waals surface area contributed by atoms with Crippen LogP contribution in [0.2, 0.25) is 0 Å². The number of halogens is 4. The van der Waals surface area contributed by atoms with Crippen LogP contribution in [0.3, 0.4) is 0 Å². The van der Waals surface area contributed by atoms with Gasteiger partial charge < -0.3 is 15.0 Å². The summed E-state index contributed by atoms with van der Waals surface area (Å²) < 4.78 is 58.9. The predicted molar refractivity (Wildman–Crippen MR) is 107 cm³/mol. The van der Waals surface area contributed by atoms with Crippen LogP contribution in [-0.2, 0) is 6.18 Å². The molecular weight excluding hydrogens is 400 g/mol. The van der Waals surface area contributed by atoms with Crippen molar-refractivity contribution in [2.75, 3.05) is 17.3 Å². The van der Waals surface area contributed by atoms with Crippen LogP contribution in [-0.4, -0.2) is 23.1 Å². The highest BCUT2D eigenvalue weighted by Gasteiger charge is 2.35. The van der Waals surface area contributed by atoms with E-state index in [1.54, 1.807) is 36.2 Å². The molecule has 0 bridgehead atoms. The number of ether oxygens (including phenoxy) is 1. The number of aromatic nitrogens is 2. The van der Waals surface area contributed by atoms with Gasteiger partial charge in [0.2, 0.25) is 5.95 Å². The third kappa shape index (κ3) is 5.16. The second-order valence-corrected chi connectivity index (χ2v) is 6.78. The highest BCUT2D eigenvalue weighted by Crippen LogP contribution is 2.36. The quantitative estimate of drug-likeness (QED) is 0.501. The van der Waals surface area contributed by atoms with Crippen molar-refractivity contribution >= 4 is 23.1 Å². The SMILES string of the molecule is CC(C)Oc1ccc(N(C)c2ncc(C(F)(F)F)c(Nc3ccc(F)cc3)n2)cc1. The number of anilines is 4. The van der Waals surface area contributed by atoms with E-state index in [9.17, 15) is 17.6 Å². The van der Waals surface area contributed by atoms with Gasteiger partial charge in [-0.1, -0.05) is 0 Å². The normalized spacial score (nSPS) is 11.5. The molecular formula is C21H20F4N4O. The summed E-state index contributed by atoms with van der Waals surface area (Å²) in [5, 5.41) is 2.60. The molecule has 1 aromatic heterocycles. The molecule has 0 aliphatic carbocycles. The molecule has 0 fully saturated rings. The van der Waals surface area contributed by atoms with Crippen LogP contribution in [0.25, 0.3) is 0 Å². The van der Waals surface area contributed by atoms with Crippen molar-refractivity contribution in [3.63, 3.8) is 0 Å². The molecule has 2 aromatic carbocycles. The zero-order valence-corrected chi connectivity index (χ0v) is 16.5. The van der Waals surface area contributed by atoms with Crippen LogP contribution in [0.4, 0.5) is 40.7 Å². The van der Waals surface area contributed by atoms with Gasteiger partial charge in [0, 0.05) is 24.6 Å². The van der Waals surface area contributed by atoms with Crippen LogP contribution >= 0.6 is 0 Å². The molecule has 0 saturated carbocycles. The van der Waals surface area contributed by atoms with E-state index < -0.39 is 23.4 Å². The third-order valence-corrected chi connectivity index (χ3v) is 4.08. The molecule has 0 spiro atoms. The topological polar surface area (TPSA) is 50.3 Å². The standard InChI is InChI=1S/C21H20F4N4O/c1-13(2)30-17-10-8-16(9-11-17)29(3)20-26-12-18(21(23,24)25)19(28-20)27-15-6-4-14(22)5-7-15/h4-13H,1-3H3,(H,26,27,28). The summed E-state index contributed by atoms with van der Waals surface area (Å²) in [6, 6.07) is 12.0. The lowest BCUT2D eigenvalue weighted by Crippen LogP contribution is -2.17. The first-order valence-corrected chi connectivity index (χ1v) is 9.11. The third-order valence-electron chi connectivity index (χ3n) is 4.08. The summed E-state index contributed by atoms with van der Waals surface area (Å²) in [7, 11) is 1.64. The molecule has 3 rings (SSSR count). The lowest BCUT2D eigenvalue weighted by molar-refractivity contribution is -0.137. The van der Waals surface area contributed by atoms with Crippen molar-refractivity contribution in [3.8, 4) is 5.75 Å². The molecule has 0 amide bonds. The smallest absolute Gasteiger partial charge is 0.421 e. The minimum atomic E-state index is -4.66. The predicted octanol–water partition coefficient (Wildman–Crippen LogP) is 5.93. The van der Waals surface area contributed by atoms with E-state index >= 15 is 0 Å². The Kier molecular flexibility index (Phi) is 6.09. The summed E-state index contributed by atoms with van der Waals surface area (Å²) in [6.45, 7) is 3.82. The molecule has 1 N–H and O–H groups in total. The fourth-order valence-electron chi connectivity index (χ4n) is 2.64. The Morgan fingerprint density at radius 1 is 1.00 bits per heavy atom. The van der Waals surface area contributed by atoms with Crippen molar-refractivity contribution < 1.29 is 22.3 Å². The van der Waals surface area contributed by atoms with Crippen molar-refractivity contribution in [3.05, 3.63) is 66.1 Å². The van der Waals surface area contributed by atoms with E-state index in [2.05, 4.69) is 15.3 Å². The van der Waals surface area contributed by atoms with Crippen molar-refractivity contribution in [2.45, 2.75) is 26.1 Å². The van der Waals surface area contributed by atoms with Crippen LogP contribution in [0, 0.1) is 5.82 Å². The highest BCUT2D eigenvalue weighted by molar-refractivity contribution is 5.64. The van der Waals surface area contributed by atoms with Gasteiger partial charge in [-0.25, -0.2) is 9.37 Å². The van der Waals surface area contributed by atoms with Gasteiger partial charge in [0.25, 0.3) is 0 Å². The number of benzene rings is 2. The van der Waals surface area contributed by atoms with E-state index in [0.717, 1.165) is 18.3 Å². The minimum Gasteiger partial charge on any atom is -0.491 e. The van der Waals surface area contributed by atoms with Crippen molar-refractivity contribution in [2.24, 2.45) is 0 Å². The summed E-state index contributed by atoms with van der Waals surface area (Å²) in [5.74, 6) is -0.186. The fraction of sp³-hybridized carbons (Fsp3) is 0.238. The van der Waals surface area contributed by atoms with Gasteiger partial charge in [0.05, 0.1) is 6.10 Å². The molecule has 1 heterocycles. The first-order chi connectivity index (χ1) is 14.1. The Balaban J connectivity index is 1.92. The molecule has 0 atom stereocenters. The Hall–Kier alpha value is -3.36. The Morgan fingerprint density at radius 2 is 1.63 bits per heavy atom. The summed E-state index contributed by atoms with van der Waals surface area (Å²) in [6.07, 6.45) is -3.91. The van der Waals surface area contributed by atoms with Gasteiger partial charge in [0.15, 0.2) is 0 Å². The van der Waals surface area contributed by atoms with E-state index in [1.807, 2.05) is 13.8 Å². The number of rotatable bonds is 6. The summed E-state index contributed by atoms with van der Waals surface area (Å²) >= 11 is 0. The van der Waals surface area contributed by atoms with Gasteiger partial charge in [-0.15, -0.1) is 0 Å². The number of nitrogens with zero attached hydrogens (tertiary/aromatic N) is 3. The largest absolute Gasteiger partial charge is 0.491 e. The van der Waals surface area contributed by atoms with Gasteiger partial charge in [-0.05, 0) is 62.4 Å². The van der Waals surface area contributed by atoms with Crippen LogP contribution in [0.5, 0.6) is 5.75 Å². The summed E-state index contributed by atoms with van der Waals surface area (Å²) in [4.78, 5) is 9.49. The Labute approximate surface area is 171 Å². The van der Waals surface area contributed by atoms with Gasteiger partial charge in [0.1, 0.15) is 22.9 Å². The zero-order chi connectivity index (χ0) is 21.9. The monoisotopic (exact) mass is 420 g/mol. The van der Waals surface area contributed by atoms with E-state index in [4.69, 9.17) is 4.74 Å². The maximum absolute atomic E-state index is 13.4. The maximum Gasteiger partial charge on any atom is 0.421 e. The van der Waals surface area contributed by atoms with Gasteiger partial charge in [-0.3, -0.25) is 0 Å². The number of alkyl halides is 3. The molecule has 9 heteroatoms. The molecule has 0 radical (unpaired) electrons. The Bertz CT molecular complexity index is 989. The number of hydrogen-bond acceptors (Lipinski definition) is 5. The maximum atomic E-state index is 13.4. The lowest BCUT2D eigenvalue weighted by Gasteiger charge is -2.20. The molecule has 158 valence electrons. The molecule has 0 saturated heterocycles. The molecule has 0 aliphatic rings. The molecule has 30 heavy (non-hydrogen) atoms. The fourth-order valence-corrected chi connectivity index (χ4v) is 2.64. The second-order valence-electron chi connectivity index (χ2n) is 6.78. The average molecular weight is 420 g/mol.